The fourth-order valence-corrected chi connectivity index (χ4v) is 3.42. The van der Waals surface area contributed by atoms with Crippen molar-refractivity contribution < 1.29 is 9.53 Å². The average Bonchev–Trinajstić information content (AvgIpc) is 2.65. The van der Waals surface area contributed by atoms with Crippen molar-refractivity contribution in [3.8, 4) is 5.75 Å². The zero-order valence-corrected chi connectivity index (χ0v) is 15.8. The van der Waals surface area contributed by atoms with E-state index in [1.54, 1.807) is 7.11 Å². The number of hydrogen-bond acceptors (Lipinski definition) is 2. The molecule has 0 bridgehead atoms. The molecule has 0 aliphatic heterocycles. The van der Waals surface area contributed by atoms with E-state index in [0.29, 0.717) is 11.3 Å². The minimum absolute atomic E-state index is 0.0284. The fraction of sp³-hybridized carbons (Fsp3) is 0.261. The average molecular weight is 347 g/mol. The maximum atomic E-state index is 13.0. The van der Waals surface area contributed by atoms with Crippen LogP contribution in [0.3, 0.4) is 0 Å². The van der Waals surface area contributed by atoms with Crippen LogP contribution in [0.15, 0.2) is 54.6 Å². The number of fused-ring (bicyclic) bond motifs is 1. The first-order chi connectivity index (χ1) is 12.5. The molecule has 1 atom stereocenters. The highest BCUT2D eigenvalue weighted by molar-refractivity contribution is 6.01. The third-order valence-electron chi connectivity index (χ3n) is 4.83. The highest BCUT2D eigenvalue weighted by Gasteiger charge is 2.19. The van der Waals surface area contributed by atoms with Gasteiger partial charge in [0.25, 0.3) is 5.91 Å². The van der Waals surface area contributed by atoms with Crippen LogP contribution in [0.1, 0.15) is 46.4 Å². The predicted molar refractivity (Wildman–Crippen MR) is 107 cm³/mol. The molecule has 134 valence electrons. The molecule has 3 heteroatoms. The Balaban J connectivity index is 1.94. The molecule has 0 radical (unpaired) electrons. The van der Waals surface area contributed by atoms with Gasteiger partial charge < -0.3 is 10.1 Å². The Hall–Kier alpha value is -2.81. The molecular formula is C23H25NO2. The number of carbonyl (C=O) groups excluding carboxylic acids is 1. The second kappa shape index (κ2) is 7.61. The third kappa shape index (κ3) is 3.57. The van der Waals surface area contributed by atoms with E-state index in [2.05, 4.69) is 44.3 Å². The molecule has 0 saturated carbocycles. The normalized spacial score (nSPS) is 12.0. The van der Waals surface area contributed by atoms with Gasteiger partial charge in [0.05, 0.1) is 18.7 Å². The number of amides is 1. The van der Waals surface area contributed by atoms with Crippen molar-refractivity contribution in [1.82, 2.24) is 5.32 Å². The summed E-state index contributed by atoms with van der Waals surface area (Å²) in [5.41, 5.74) is 4.15. The van der Waals surface area contributed by atoms with Crippen molar-refractivity contribution in [3.63, 3.8) is 0 Å². The Kier molecular flexibility index (Phi) is 5.27. The van der Waals surface area contributed by atoms with Crippen LogP contribution in [-0.2, 0) is 0 Å². The van der Waals surface area contributed by atoms with Gasteiger partial charge in [-0.25, -0.2) is 0 Å². The maximum Gasteiger partial charge on any atom is 0.255 e. The molecule has 0 aliphatic carbocycles. The summed E-state index contributed by atoms with van der Waals surface area (Å²) in [5.74, 6) is 0.483. The van der Waals surface area contributed by atoms with Gasteiger partial charge >= 0.3 is 0 Å². The van der Waals surface area contributed by atoms with Crippen LogP contribution in [0, 0.1) is 13.8 Å². The standard InChI is InChI=1S/C23H25NO2/c1-5-21(19-11-10-15(2)12-16(19)3)24-23(25)20-13-17-8-6-7-9-18(17)14-22(20)26-4/h6-14,21H,5H2,1-4H3,(H,24,25)/t21-/m0/s1. The lowest BCUT2D eigenvalue weighted by Crippen LogP contribution is -2.29. The van der Waals surface area contributed by atoms with E-state index in [1.165, 1.54) is 11.1 Å². The molecule has 0 heterocycles. The molecule has 1 amide bonds. The summed E-state index contributed by atoms with van der Waals surface area (Å²) in [6, 6.07) is 18.1. The maximum absolute atomic E-state index is 13.0. The van der Waals surface area contributed by atoms with Crippen LogP contribution < -0.4 is 10.1 Å². The number of nitrogens with one attached hydrogen (secondary N) is 1. The highest BCUT2D eigenvalue weighted by atomic mass is 16.5. The molecule has 0 spiro atoms. The van der Waals surface area contributed by atoms with E-state index in [1.807, 2.05) is 36.4 Å². The van der Waals surface area contributed by atoms with Gasteiger partial charge in [0.15, 0.2) is 0 Å². The molecular weight excluding hydrogens is 322 g/mol. The molecule has 0 unspecified atom stereocenters. The van der Waals surface area contributed by atoms with Gasteiger partial charge in [0, 0.05) is 0 Å². The first kappa shape index (κ1) is 18.0. The van der Waals surface area contributed by atoms with Gasteiger partial charge in [-0.1, -0.05) is 55.0 Å². The minimum atomic E-state index is -0.112. The van der Waals surface area contributed by atoms with Gasteiger partial charge in [-0.15, -0.1) is 0 Å². The number of carbonyl (C=O) groups is 1. The number of aryl methyl sites for hydroxylation is 2. The van der Waals surface area contributed by atoms with Crippen LogP contribution in [-0.4, -0.2) is 13.0 Å². The Morgan fingerprint density at radius 2 is 1.73 bits per heavy atom. The van der Waals surface area contributed by atoms with Gasteiger partial charge in [0.1, 0.15) is 5.75 Å². The van der Waals surface area contributed by atoms with E-state index in [-0.39, 0.29) is 11.9 Å². The molecule has 0 aromatic heterocycles. The monoisotopic (exact) mass is 347 g/mol. The van der Waals surface area contributed by atoms with Crippen molar-refractivity contribution in [2.45, 2.75) is 33.2 Å². The molecule has 3 nitrogen and oxygen atoms in total. The van der Waals surface area contributed by atoms with Crippen LogP contribution in [0.2, 0.25) is 0 Å². The topological polar surface area (TPSA) is 38.3 Å². The summed E-state index contributed by atoms with van der Waals surface area (Å²) in [4.78, 5) is 13.0. The van der Waals surface area contributed by atoms with Crippen LogP contribution in [0.5, 0.6) is 5.75 Å². The zero-order chi connectivity index (χ0) is 18.7. The molecule has 3 aromatic rings. The van der Waals surface area contributed by atoms with Gasteiger partial charge in [-0.2, -0.15) is 0 Å². The first-order valence-electron chi connectivity index (χ1n) is 8.98. The number of benzene rings is 3. The van der Waals surface area contributed by atoms with Crippen molar-refractivity contribution in [2.75, 3.05) is 7.11 Å². The van der Waals surface area contributed by atoms with Crippen molar-refractivity contribution >= 4 is 16.7 Å². The summed E-state index contributed by atoms with van der Waals surface area (Å²) >= 11 is 0. The molecule has 0 fully saturated rings. The Morgan fingerprint density at radius 3 is 2.35 bits per heavy atom. The van der Waals surface area contributed by atoms with Crippen molar-refractivity contribution in [2.24, 2.45) is 0 Å². The van der Waals surface area contributed by atoms with E-state index in [0.717, 1.165) is 22.8 Å². The van der Waals surface area contributed by atoms with Crippen LogP contribution >= 0.6 is 0 Å². The van der Waals surface area contributed by atoms with Crippen LogP contribution in [0.4, 0.5) is 0 Å². The summed E-state index contributed by atoms with van der Waals surface area (Å²) in [5, 5.41) is 5.26. The third-order valence-corrected chi connectivity index (χ3v) is 4.83. The van der Waals surface area contributed by atoms with E-state index in [9.17, 15) is 4.79 Å². The first-order valence-corrected chi connectivity index (χ1v) is 8.98. The Labute approximate surface area is 155 Å². The van der Waals surface area contributed by atoms with Crippen LogP contribution in [0.25, 0.3) is 10.8 Å². The van der Waals surface area contributed by atoms with Gasteiger partial charge in [0.2, 0.25) is 0 Å². The summed E-state index contributed by atoms with van der Waals surface area (Å²) in [6.07, 6.45) is 0.825. The van der Waals surface area contributed by atoms with Crippen molar-refractivity contribution in [1.29, 1.82) is 0 Å². The Bertz CT molecular complexity index is 946. The predicted octanol–water partition coefficient (Wildman–Crippen LogP) is 5.35. The minimum Gasteiger partial charge on any atom is -0.496 e. The SMILES string of the molecule is CC[C@H](NC(=O)c1cc2ccccc2cc1OC)c1ccc(C)cc1C. The fourth-order valence-electron chi connectivity index (χ4n) is 3.42. The lowest BCUT2D eigenvalue weighted by atomic mass is 9.97. The Morgan fingerprint density at radius 1 is 1.04 bits per heavy atom. The summed E-state index contributed by atoms with van der Waals surface area (Å²) in [7, 11) is 1.60. The molecule has 0 aliphatic rings. The van der Waals surface area contributed by atoms with Crippen molar-refractivity contribution in [3.05, 3.63) is 76.9 Å². The molecule has 3 rings (SSSR count). The lowest BCUT2D eigenvalue weighted by molar-refractivity contribution is 0.0932. The smallest absolute Gasteiger partial charge is 0.255 e. The number of hydrogen-bond donors (Lipinski definition) is 1. The number of rotatable bonds is 5. The van der Waals surface area contributed by atoms with Gasteiger partial charge in [-0.05, 0) is 54.3 Å². The molecule has 1 N–H and O–H groups in total. The highest BCUT2D eigenvalue weighted by Crippen LogP contribution is 2.28. The number of methoxy groups -OCH3 is 1. The summed E-state index contributed by atoms with van der Waals surface area (Å²) in [6.45, 7) is 6.26. The molecule has 3 aromatic carbocycles. The van der Waals surface area contributed by atoms with E-state index in [4.69, 9.17) is 4.74 Å². The quantitative estimate of drug-likeness (QED) is 0.676. The second-order valence-corrected chi connectivity index (χ2v) is 6.69. The van der Waals surface area contributed by atoms with E-state index >= 15 is 0 Å². The van der Waals surface area contributed by atoms with Gasteiger partial charge in [-0.3, -0.25) is 4.79 Å². The zero-order valence-electron chi connectivity index (χ0n) is 15.8. The summed E-state index contributed by atoms with van der Waals surface area (Å²) < 4.78 is 5.47. The second-order valence-electron chi connectivity index (χ2n) is 6.69. The molecule has 26 heavy (non-hydrogen) atoms. The molecule has 0 saturated heterocycles. The largest absolute Gasteiger partial charge is 0.496 e. The van der Waals surface area contributed by atoms with E-state index < -0.39 is 0 Å². The number of ether oxygens (including phenoxy) is 1. The lowest BCUT2D eigenvalue weighted by Gasteiger charge is -2.21.